The topological polar surface area (TPSA) is 68.0 Å². The summed E-state index contributed by atoms with van der Waals surface area (Å²) in [5.74, 6) is 0.209. The zero-order valence-corrected chi connectivity index (χ0v) is 14.3. The number of amides is 1. The van der Waals surface area contributed by atoms with Crippen molar-refractivity contribution in [2.45, 2.75) is 26.2 Å². The molecule has 0 aliphatic carbocycles. The first-order valence-electron chi connectivity index (χ1n) is 7.33. The van der Waals surface area contributed by atoms with E-state index in [0.29, 0.717) is 22.1 Å². The van der Waals surface area contributed by atoms with Crippen LogP contribution < -0.4 is 5.32 Å². The highest BCUT2D eigenvalue weighted by Crippen LogP contribution is 2.27. The number of rotatable bonds is 3. The minimum atomic E-state index is -0.414. The third kappa shape index (κ3) is 3.35. The average molecular weight is 345 g/mol. The van der Waals surface area contributed by atoms with Gasteiger partial charge < -0.3 is 9.84 Å². The van der Waals surface area contributed by atoms with Gasteiger partial charge in [0.25, 0.3) is 5.91 Å². The Morgan fingerprint density at radius 3 is 2.71 bits per heavy atom. The standard InChI is InChI=1S/C17H16FN3O2S/c1-17(2,3)13-8-14(21-23-13)20-15(22)12-9-24-16(19-12)10-6-4-5-7-11(10)18/h4-9H,1-3H3,(H,20,21,22). The van der Waals surface area contributed by atoms with Gasteiger partial charge in [0.05, 0.1) is 0 Å². The number of hydrogen-bond acceptors (Lipinski definition) is 5. The lowest BCUT2D eigenvalue weighted by Gasteiger charge is -2.11. The van der Waals surface area contributed by atoms with Crippen molar-refractivity contribution in [2.75, 3.05) is 5.32 Å². The Labute approximate surface area is 142 Å². The summed E-state index contributed by atoms with van der Waals surface area (Å²) >= 11 is 1.21. The number of nitrogens with one attached hydrogen (secondary N) is 1. The Balaban J connectivity index is 1.77. The van der Waals surface area contributed by atoms with Crippen LogP contribution in [0.1, 0.15) is 37.0 Å². The van der Waals surface area contributed by atoms with Crippen molar-refractivity contribution in [1.29, 1.82) is 0 Å². The van der Waals surface area contributed by atoms with Crippen molar-refractivity contribution in [2.24, 2.45) is 0 Å². The van der Waals surface area contributed by atoms with Crippen LogP contribution in [0.4, 0.5) is 10.2 Å². The van der Waals surface area contributed by atoms with Crippen LogP contribution in [0.15, 0.2) is 40.2 Å². The minimum absolute atomic E-state index is 0.200. The van der Waals surface area contributed by atoms with E-state index in [1.165, 1.54) is 17.4 Å². The van der Waals surface area contributed by atoms with Crippen LogP contribution in [0.5, 0.6) is 0 Å². The van der Waals surface area contributed by atoms with Crippen molar-refractivity contribution >= 4 is 23.1 Å². The summed E-state index contributed by atoms with van der Waals surface area (Å²) in [5.41, 5.74) is 0.380. The number of hydrogen-bond donors (Lipinski definition) is 1. The molecule has 0 aliphatic rings. The molecule has 2 heterocycles. The summed E-state index contributed by atoms with van der Waals surface area (Å²) in [6.45, 7) is 5.96. The molecule has 7 heteroatoms. The van der Waals surface area contributed by atoms with Gasteiger partial charge in [0, 0.05) is 22.4 Å². The highest BCUT2D eigenvalue weighted by Gasteiger charge is 2.21. The van der Waals surface area contributed by atoms with E-state index >= 15 is 0 Å². The number of carbonyl (C=O) groups excluding carboxylic acids is 1. The molecule has 2 aromatic heterocycles. The number of thiazole rings is 1. The smallest absolute Gasteiger partial charge is 0.276 e. The lowest BCUT2D eigenvalue weighted by Crippen LogP contribution is -2.13. The van der Waals surface area contributed by atoms with Crippen molar-refractivity contribution in [3.05, 3.63) is 53.0 Å². The number of benzene rings is 1. The predicted molar refractivity (Wildman–Crippen MR) is 90.7 cm³/mol. The van der Waals surface area contributed by atoms with Gasteiger partial charge in [0.15, 0.2) is 5.82 Å². The second-order valence-electron chi connectivity index (χ2n) is 6.30. The fourth-order valence-corrected chi connectivity index (χ4v) is 2.83. The molecule has 0 fully saturated rings. The van der Waals surface area contributed by atoms with Gasteiger partial charge in [-0.3, -0.25) is 4.79 Å². The minimum Gasteiger partial charge on any atom is -0.359 e. The van der Waals surface area contributed by atoms with Crippen LogP contribution in [0.2, 0.25) is 0 Å². The molecule has 3 aromatic rings. The highest BCUT2D eigenvalue weighted by molar-refractivity contribution is 7.13. The van der Waals surface area contributed by atoms with Gasteiger partial charge in [-0.2, -0.15) is 0 Å². The van der Waals surface area contributed by atoms with Gasteiger partial charge in [-0.1, -0.05) is 38.1 Å². The van der Waals surface area contributed by atoms with Crippen LogP contribution in [-0.2, 0) is 5.41 Å². The Morgan fingerprint density at radius 1 is 1.29 bits per heavy atom. The van der Waals surface area contributed by atoms with Crippen LogP contribution in [0, 0.1) is 5.82 Å². The summed E-state index contributed by atoms with van der Waals surface area (Å²) in [5, 5.41) is 8.51. The van der Waals surface area contributed by atoms with Gasteiger partial charge in [-0.15, -0.1) is 11.3 Å². The van der Waals surface area contributed by atoms with Crippen molar-refractivity contribution < 1.29 is 13.7 Å². The molecule has 0 bridgehead atoms. The fourth-order valence-electron chi connectivity index (χ4n) is 2.00. The molecule has 1 N–H and O–H groups in total. The van der Waals surface area contributed by atoms with Crippen LogP contribution in [0.3, 0.4) is 0 Å². The second-order valence-corrected chi connectivity index (χ2v) is 7.16. The summed E-state index contributed by atoms with van der Waals surface area (Å²) in [4.78, 5) is 16.5. The van der Waals surface area contributed by atoms with Gasteiger partial charge in [0.2, 0.25) is 0 Å². The Kier molecular flexibility index (Phi) is 4.19. The number of halogens is 1. The highest BCUT2D eigenvalue weighted by atomic mass is 32.1. The summed E-state index contributed by atoms with van der Waals surface area (Å²) in [6.07, 6.45) is 0. The third-order valence-electron chi connectivity index (χ3n) is 3.33. The summed E-state index contributed by atoms with van der Waals surface area (Å²) in [7, 11) is 0. The summed E-state index contributed by atoms with van der Waals surface area (Å²) in [6, 6.07) is 8.01. The lowest BCUT2D eigenvalue weighted by atomic mass is 9.93. The maximum Gasteiger partial charge on any atom is 0.276 e. The lowest BCUT2D eigenvalue weighted by molar-refractivity contribution is 0.102. The van der Waals surface area contributed by atoms with E-state index < -0.39 is 5.91 Å². The molecule has 0 aliphatic heterocycles. The molecule has 24 heavy (non-hydrogen) atoms. The summed E-state index contributed by atoms with van der Waals surface area (Å²) < 4.78 is 19.0. The van der Waals surface area contributed by atoms with Gasteiger partial charge >= 0.3 is 0 Å². The van der Waals surface area contributed by atoms with Gasteiger partial charge in [-0.25, -0.2) is 9.37 Å². The third-order valence-corrected chi connectivity index (χ3v) is 4.21. The molecule has 0 radical (unpaired) electrons. The largest absolute Gasteiger partial charge is 0.359 e. The van der Waals surface area contributed by atoms with E-state index in [9.17, 15) is 9.18 Å². The molecule has 0 saturated carbocycles. The molecule has 0 atom stereocenters. The Hall–Kier alpha value is -2.54. The molecule has 0 unspecified atom stereocenters. The van der Waals surface area contributed by atoms with E-state index in [1.54, 1.807) is 29.6 Å². The van der Waals surface area contributed by atoms with E-state index in [-0.39, 0.29) is 16.9 Å². The van der Waals surface area contributed by atoms with Crippen molar-refractivity contribution in [3.8, 4) is 10.6 Å². The van der Waals surface area contributed by atoms with E-state index in [1.807, 2.05) is 20.8 Å². The first-order valence-corrected chi connectivity index (χ1v) is 8.21. The van der Waals surface area contributed by atoms with E-state index in [4.69, 9.17) is 4.52 Å². The van der Waals surface area contributed by atoms with Crippen molar-refractivity contribution in [1.82, 2.24) is 10.1 Å². The van der Waals surface area contributed by atoms with E-state index in [0.717, 1.165) is 0 Å². The molecular formula is C17H16FN3O2S. The molecule has 0 spiro atoms. The normalized spacial score (nSPS) is 11.5. The number of anilines is 1. The molecule has 124 valence electrons. The van der Waals surface area contributed by atoms with Crippen LogP contribution >= 0.6 is 11.3 Å². The molecule has 1 aromatic carbocycles. The Bertz CT molecular complexity index is 880. The van der Waals surface area contributed by atoms with Crippen molar-refractivity contribution in [3.63, 3.8) is 0 Å². The monoisotopic (exact) mass is 345 g/mol. The molecule has 0 saturated heterocycles. The molecule has 3 rings (SSSR count). The Morgan fingerprint density at radius 2 is 2.04 bits per heavy atom. The number of carbonyl (C=O) groups is 1. The van der Waals surface area contributed by atoms with Gasteiger partial charge in [0.1, 0.15) is 22.3 Å². The van der Waals surface area contributed by atoms with Gasteiger partial charge in [-0.05, 0) is 12.1 Å². The maximum absolute atomic E-state index is 13.8. The maximum atomic E-state index is 13.8. The molecule has 5 nitrogen and oxygen atoms in total. The van der Waals surface area contributed by atoms with Crippen LogP contribution in [-0.4, -0.2) is 16.0 Å². The quantitative estimate of drug-likeness (QED) is 0.759. The first kappa shape index (κ1) is 16.3. The zero-order valence-electron chi connectivity index (χ0n) is 13.5. The molecular weight excluding hydrogens is 329 g/mol. The molecule has 1 amide bonds. The second kappa shape index (κ2) is 6.16. The number of nitrogens with zero attached hydrogens (tertiary/aromatic N) is 2. The van der Waals surface area contributed by atoms with E-state index in [2.05, 4.69) is 15.5 Å². The predicted octanol–water partition coefficient (Wildman–Crippen LogP) is 4.49. The average Bonchev–Trinajstić information content (AvgIpc) is 3.16. The SMILES string of the molecule is CC(C)(C)c1cc(NC(=O)c2csc(-c3ccccc3F)n2)no1. The number of aromatic nitrogens is 2. The first-order chi connectivity index (χ1) is 11.3. The van der Waals surface area contributed by atoms with Crippen LogP contribution in [0.25, 0.3) is 10.6 Å². The zero-order chi connectivity index (χ0) is 17.3. The fraction of sp³-hybridized carbons (Fsp3) is 0.235.